The maximum Gasteiger partial charge on any atom is 0.303 e. The van der Waals surface area contributed by atoms with Gasteiger partial charge >= 0.3 is 23.9 Å². The predicted octanol–water partition coefficient (Wildman–Crippen LogP) is 3.48. The fraction of sp³-hybridized carbons (Fsp3) is 0.500. The van der Waals surface area contributed by atoms with Crippen LogP contribution in [0.4, 0.5) is 0 Å². The van der Waals surface area contributed by atoms with Crippen LogP contribution in [0.2, 0.25) is 0 Å². The molecule has 41 heavy (non-hydrogen) atoms. The normalized spacial score (nSPS) is 23.4. The van der Waals surface area contributed by atoms with Crippen LogP contribution in [0, 0.1) is 16.0 Å². The van der Waals surface area contributed by atoms with E-state index >= 15 is 0 Å². The van der Waals surface area contributed by atoms with Crippen molar-refractivity contribution in [3.63, 3.8) is 0 Å². The molecule has 4 rings (SSSR count). The molecule has 218 valence electrons. The van der Waals surface area contributed by atoms with Crippen LogP contribution in [0.1, 0.15) is 63.6 Å². The molecule has 2 aliphatic rings. The first-order valence-electron chi connectivity index (χ1n) is 13.1. The van der Waals surface area contributed by atoms with Gasteiger partial charge in [-0.3, -0.25) is 19.2 Å². The monoisotopic (exact) mass is 586 g/mol. The SMILES string of the molecule is CC(=O)OC[C@H]1O[C@@H](n2c3c(c(-c4ccco4)c(C#N)c2=S)CCCC3)[C@@H](OC(C)=O)[C@@H](OC(C)=O)[C@@H]1OC(C)=O. The first-order valence-corrected chi connectivity index (χ1v) is 13.5. The highest BCUT2D eigenvalue weighted by Crippen LogP contribution is 2.41. The summed E-state index contributed by atoms with van der Waals surface area (Å²) in [6, 6.07) is 5.66. The van der Waals surface area contributed by atoms with E-state index in [1.54, 1.807) is 16.7 Å². The molecule has 1 saturated heterocycles. The molecule has 1 aliphatic heterocycles. The quantitative estimate of drug-likeness (QED) is 0.265. The van der Waals surface area contributed by atoms with Crippen molar-refractivity contribution in [3.8, 4) is 17.4 Å². The van der Waals surface area contributed by atoms with E-state index in [0.29, 0.717) is 24.2 Å². The maximum atomic E-state index is 12.4. The third kappa shape index (κ3) is 6.34. The molecule has 0 unspecified atom stereocenters. The van der Waals surface area contributed by atoms with Crippen molar-refractivity contribution < 1.29 is 47.3 Å². The van der Waals surface area contributed by atoms with Gasteiger partial charge in [-0.25, -0.2) is 0 Å². The molecular weight excluding hydrogens is 556 g/mol. The Morgan fingerprint density at radius 2 is 1.61 bits per heavy atom. The van der Waals surface area contributed by atoms with Crippen LogP contribution < -0.4 is 0 Å². The van der Waals surface area contributed by atoms with Gasteiger partial charge in [0.15, 0.2) is 24.5 Å². The molecule has 0 N–H and O–H groups in total. The number of aromatic nitrogens is 1. The minimum Gasteiger partial charge on any atom is -0.464 e. The maximum absolute atomic E-state index is 12.4. The molecule has 0 saturated carbocycles. The summed E-state index contributed by atoms with van der Waals surface area (Å²) in [7, 11) is 0. The number of carbonyl (C=O) groups is 4. The first kappa shape index (κ1) is 30.0. The molecular formula is C28H30N2O10S. The Morgan fingerprint density at radius 1 is 0.976 bits per heavy atom. The van der Waals surface area contributed by atoms with E-state index in [1.807, 2.05) is 0 Å². The van der Waals surface area contributed by atoms with Gasteiger partial charge < -0.3 is 32.7 Å². The van der Waals surface area contributed by atoms with E-state index in [-0.39, 0.29) is 16.8 Å². The molecule has 0 radical (unpaired) electrons. The molecule has 12 nitrogen and oxygen atoms in total. The van der Waals surface area contributed by atoms with E-state index in [4.69, 9.17) is 40.3 Å². The molecule has 0 amide bonds. The lowest BCUT2D eigenvalue weighted by atomic mass is 9.88. The zero-order valence-corrected chi connectivity index (χ0v) is 23.9. The molecule has 0 bridgehead atoms. The van der Waals surface area contributed by atoms with E-state index in [0.717, 1.165) is 37.9 Å². The number of nitrogens with zero attached hydrogens (tertiary/aromatic N) is 2. The van der Waals surface area contributed by atoms with Crippen molar-refractivity contribution in [1.82, 2.24) is 4.57 Å². The number of nitriles is 1. The van der Waals surface area contributed by atoms with Crippen LogP contribution in [-0.4, -0.2) is 59.5 Å². The Balaban J connectivity index is 1.98. The average molecular weight is 587 g/mol. The second kappa shape index (κ2) is 12.7. The lowest BCUT2D eigenvalue weighted by Gasteiger charge is -2.46. The second-order valence-corrected chi connectivity index (χ2v) is 10.1. The highest BCUT2D eigenvalue weighted by atomic mass is 32.1. The summed E-state index contributed by atoms with van der Waals surface area (Å²) < 4.78 is 35.7. The van der Waals surface area contributed by atoms with E-state index in [2.05, 4.69) is 6.07 Å². The lowest BCUT2D eigenvalue weighted by Crippen LogP contribution is -2.61. The number of hydrogen-bond acceptors (Lipinski definition) is 12. The van der Waals surface area contributed by atoms with Gasteiger partial charge in [0.25, 0.3) is 0 Å². The van der Waals surface area contributed by atoms with Gasteiger partial charge in [0.1, 0.15) is 29.2 Å². The molecule has 0 aromatic carbocycles. The predicted molar refractivity (Wildman–Crippen MR) is 142 cm³/mol. The second-order valence-electron chi connectivity index (χ2n) is 9.74. The highest BCUT2D eigenvalue weighted by Gasteiger charge is 2.53. The number of esters is 4. The zero-order valence-electron chi connectivity index (χ0n) is 23.0. The van der Waals surface area contributed by atoms with Crippen molar-refractivity contribution in [2.24, 2.45) is 0 Å². The molecule has 2 aromatic heterocycles. The molecule has 3 heterocycles. The van der Waals surface area contributed by atoms with Gasteiger partial charge in [0, 0.05) is 39.0 Å². The highest BCUT2D eigenvalue weighted by molar-refractivity contribution is 7.71. The Morgan fingerprint density at radius 3 is 2.20 bits per heavy atom. The lowest BCUT2D eigenvalue weighted by molar-refractivity contribution is -0.269. The van der Waals surface area contributed by atoms with Crippen molar-refractivity contribution in [2.75, 3.05) is 6.61 Å². The Kier molecular flexibility index (Phi) is 9.25. The number of fused-ring (bicyclic) bond motifs is 1. The van der Waals surface area contributed by atoms with Crippen LogP contribution in [0.3, 0.4) is 0 Å². The van der Waals surface area contributed by atoms with Gasteiger partial charge in [0.05, 0.1) is 11.8 Å². The van der Waals surface area contributed by atoms with Gasteiger partial charge in [-0.05, 0) is 43.4 Å². The number of hydrogen-bond donors (Lipinski definition) is 0. The van der Waals surface area contributed by atoms with Gasteiger partial charge in [-0.15, -0.1) is 0 Å². The van der Waals surface area contributed by atoms with Crippen molar-refractivity contribution >= 4 is 36.1 Å². The minimum atomic E-state index is -1.36. The fourth-order valence-corrected chi connectivity index (χ4v) is 5.77. The topological polar surface area (TPSA) is 156 Å². The molecule has 5 atom stereocenters. The number of carbonyl (C=O) groups excluding carboxylic acids is 4. The van der Waals surface area contributed by atoms with Crippen LogP contribution in [-0.2, 0) is 55.7 Å². The summed E-state index contributed by atoms with van der Waals surface area (Å²) in [5, 5.41) is 10.3. The summed E-state index contributed by atoms with van der Waals surface area (Å²) >= 11 is 5.86. The van der Waals surface area contributed by atoms with Crippen molar-refractivity contribution in [2.45, 2.75) is 84.0 Å². The van der Waals surface area contributed by atoms with Crippen LogP contribution in [0.25, 0.3) is 11.3 Å². The van der Waals surface area contributed by atoms with Gasteiger partial charge in [0.2, 0.25) is 0 Å². The van der Waals surface area contributed by atoms with E-state index < -0.39 is 54.5 Å². The molecule has 1 fully saturated rings. The van der Waals surface area contributed by atoms with E-state index in [1.165, 1.54) is 20.1 Å². The summed E-state index contributed by atoms with van der Waals surface area (Å²) in [5.41, 5.74) is 2.29. The average Bonchev–Trinajstić information content (AvgIpc) is 3.43. The number of pyridine rings is 1. The zero-order chi connectivity index (χ0) is 29.8. The number of rotatable bonds is 7. The third-order valence-electron chi connectivity index (χ3n) is 6.81. The smallest absolute Gasteiger partial charge is 0.303 e. The Bertz CT molecular complexity index is 1440. The van der Waals surface area contributed by atoms with E-state index in [9.17, 15) is 24.4 Å². The first-order chi connectivity index (χ1) is 19.5. The molecule has 1 aliphatic carbocycles. The Labute approximate surface area is 241 Å². The van der Waals surface area contributed by atoms with Gasteiger partial charge in [-0.2, -0.15) is 5.26 Å². The summed E-state index contributed by atoms with van der Waals surface area (Å²) in [5.74, 6) is -2.34. The van der Waals surface area contributed by atoms with Gasteiger partial charge in [-0.1, -0.05) is 12.2 Å². The largest absolute Gasteiger partial charge is 0.464 e. The van der Waals surface area contributed by atoms with Crippen LogP contribution in [0.15, 0.2) is 22.8 Å². The number of ether oxygens (including phenoxy) is 5. The van der Waals surface area contributed by atoms with Crippen molar-refractivity contribution in [1.29, 1.82) is 5.26 Å². The summed E-state index contributed by atoms with van der Waals surface area (Å²) in [6.45, 7) is 4.30. The molecule has 0 spiro atoms. The third-order valence-corrected chi connectivity index (χ3v) is 7.21. The number of furan rings is 1. The fourth-order valence-electron chi connectivity index (χ4n) is 5.40. The summed E-state index contributed by atoms with van der Waals surface area (Å²) in [4.78, 5) is 48.4. The summed E-state index contributed by atoms with van der Waals surface area (Å²) in [6.07, 6.45) is -2.10. The Hall–Kier alpha value is -4.02. The van der Waals surface area contributed by atoms with Crippen LogP contribution >= 0.6 is 12.2 Å². The molecule has 2 aromatic rings. The van der Waals surface area contributed by atoms with Crippen LogP contribution in [0.5, 0.6) is 0 Å². The standard InChI is InChI=1S/C28H30N2O10S/c1-14(31)36-13-22-24(37-15(2)32)25(38-16(3)33)26(39-17(4)34)27(40-22)30-20-9-6-5-8-18(20)23(19(12-29)28(30)41)21-10-7-11-35-21/h7,10-11,22,24-27H,5-6,8-9,13H2,1-4H3/t22-,24-,25+,26+,27-/m1/s1. The van der Waals surface area contributed by atoms with Crippen molar-refractivity contribution in [3.05, 3.63) is 39.9 Å². The molecule has 13 heteroatoms. The minimum absolute atomic E-state index is 0.0837.